The molecule has 0 saturated carbocycles. The van der Waals surface area contributed by atoms with Crippen LogP contribution in [0.25, 0.3) is 22.3 Å². The second-order valence-corrected chi connectivity index (χ2v) is 5.98. The second-order valence-electron chi connectivity index (χ2n) is 5.98. The Kier molecular flexibility index (Phi) is 4.52. The van der Waals surface area contributed by atoms with Gasteiger partial charge in [-0.05, 0) is 17.3 Å². The fraction of sp³-hybridized carbons (Fsp3) is 0.158. The third kappa shape index (κ3) is 3.50. The largest absolute Gasteiger partial charge is 0.496 e. The third-order valence-electron chi connectivity index (χ3n) is 4.24. The van der Waals surface area contributed by atoms with Gasteiger partial charge in [-0.2, -0.15) is 4.80 Å². The molecule has 4 rings (SSSR count). The zero-order valence-electron chi connectivity index (χ0n) is 14.7. The van der Waals surface area contributed by atoms with Crippen LogP contribution in [0.15, 0.2) is 54.7 Å². The topological polar surface area (TPSA) is 97.7 Å². The van der Waals surface area contributed by atoms with Crippen molar-refractivity contribution >= 4 is 16.8 Å². The van der Waals surface area contributed by atoms with Gasteiger partial charge in [0.2, 0.25) is 11.7 Å². The number of benzene rings is 2. The first-order valence-corrected chi connectivity index (χ1v) is 8.47. The molecule has 27 heavy (non-hydrogen) atoms. The summed E-state index contributed by atoms with van der Waals surface area (Å²) < 4.78 is 5.28. The SMILES string of the molecule is COc1ccccc1CNC(=O)Cn1nnc(-c2c[nH]c3ccccc23)n1. The lowest BCUT2D eigenvalue weighted by molar-refractivity contribution is -0.122. The van der Waals surface area contributed by atoms with Crippen LogP contribution < -0.4 is 10.1 Å². The Hall–Kier alpha value is -3.68. The molecule has 0 saturated heterocycles. The molecule has 2 aromatic carbocycles. The molecular weight excluding hydrogens is 344 g/mol. The number of amides is 1. The number of hydrogen-bond donors (Lipinski definition) is 2. The summed E-state index contributed by atoms with van der Waals surface area (Å²) in [7, 11) is 1.60. The van der Waals surface area contributed by atoms with E-state index >= 15 is 0 Å². The molecule has 0 aliphatic carbocycles. The summed E-state index contributed by atoms with van der Waals surface area (Å²) in [6.07, 6.45) is 1.84. The molecule has 0 aliphatic heterocycles. The molecule has 0 aliphatic rings. The second kappa shape index (κ2) is 7.28. The number of H-pyrrole nitrogens is 1. The summed E-state index contributed by atoms with van der Waals surface area (Å²) in [6.45, 7) is 0.358. The van der Waals surface area contributed by atoms with Gasteiger partial charge in [0.15, 0.2) is 0 Å². The molecule has 0 radical (unpaired) electrons. The van der Waals surface area contributed by atoms with E-state index in [4.69, 9.17) is 4.74 Å². The Morgan fingerprint density at radius 2 is 2.00 bits per heavy atom. The van der Waals surface area contributed by atoms with E-state index in [1.807, 2.05) is 54.7 Å². The van der Waals surface area contributed by atoms with E-state index in [0.29, 0.717) is 12.4 Å². The molecule has 8 nitrogen and oxygen atoms in total. The minimum atomic E-state index is -0.205. The normalized spacial score (nSPS) is 10.9. The van der Waals surface area contributed by atoms with Gasteiger partial charge < -0.3 is 15.0 Å². The van der Waals surface area contributed by atoms with Crippen LogP contribution >= 0.6 is 0 Å². The van der Waals surface area contributed by atoms with Crippen LogP contribution in [0.2, 0.25) is 0 Å². The van der Waals surface area contributed by atoms with Gasteiger partial charge in [-0.3, -0.25) is 4.79 Å². The van der Waals surface area contributed by atoms with E-state index in [1.165, 1.54) is 4.80 Å². The predicted octanol–water partition coefficient (Wildman–Crippen LogP) is 2.15. The summed E-state index contributed by atoms with van der Waals surface area (Å²) in [5.74, 6) is 1.01. The van der Waals surface area contributed by atoms with Gasteiger partial charge in [-0.25, -0.2) is 0 Å². The van der Waals surface area contributed by atoms with Crippen LogP contribution in [-0.2, 0) is 17.9 Å². The average Bonchev–Trinajstić information content (AvgIpc) is 3.33. The molecule has 4 aromatic rings. The molecule has 2 N–H and O–H groups in total. The van der Waals surface area contributed by atoms with Crippen LogP contribution in [0.4, 0.5) is 0 Å². The fourth-order valence-corrected chi connectivity index (χ4v) is 2.90. The van der Waals surface area contributed by atoms with E-state index in [0.717, 1.165) is 27.8 Å². The molecule has 0 atom stereocenters. The Labute approximate surface area is 155 Å². The van der Waals surface area contributed by atoms with Crippen molar-refractivity contribution in [2.75, 3.05) is 7.11 Å². The molecule has 136 valence electrons. The highest BCUT2D eigenvalue weighted by molar-refractivity contribution is 5.93. The van der Waals surface area contributed by atoms with E-state index in [-0.39, 0.29) is 12.5 Å². The van der Waals surface area contributed by atoms with Crippen LogP contribution in [0.1, 0.15) is 5.56 Å². The maximum absolute atomic E-state index is 12.2. The first-order valence-electron chi connectivity index (χ1n) is 8.47. The standard InChI is InChI=1S/C19H18N6O2/c1-27-17-9-5-2-6-13(17)10-21-18(26)12-25-23-19(22-24-25)15-11-20-16-8-4-3-7-14(15)16/h2-9,11,20H,10,12H2,1H3,(H,21,26). The highest BCUT2D eigenvalue weighted by atomic mass is 16.5. The molecule has 8 heteroatoms. The zero-order chi connectivity index (χ0) is 18.6. The first kappa shape index (κ1) is 16.8. The molecule has 2 aromatic heterocycles. The van der Waals surface area contributed by atoms with Crippen LogP contribution in [0, 0.1) is 0 Å². The number of rotatable bonds is 6. The summed E-state index contributed by atoms with van der Waals surface area (Å²) >= 11 is 0. The van der Waals surface area contributed by atoms with Gasteiger partial charge in [-0.1, -0.05) is 36.4 Å². The Morgan fingerprint density at radius 1 is 1.19 bits per heavy atom. The number of fused-ring (bicyclic) bond motifs is 1. The van der Waals surface area contributed by atoms with Crippen molar-refractivity contribution in [2.24, 2.45) is 0 Å². The maximum atomic E-state index is 12.2. The fourth-order valence-electron chi connectivity index (χ4n) is 2.90. The minimum absolute atomic E-state index is 0.00942. The molecule has 0 spiro atoms. The van der Waals surface area contributed by atoms with Gasteiger partial charge in [0, 0.05) is 34.8 Å². The number of hydrogen-bond acceptors (Lipinski definition) is 5. The number of carbonyl (C=O) groups is 1. The number of ether oxygens (including phenoxy) is 1. The summed E-state index contributed by atoms with van der Waals surface area (Å²) in [5.41, 5.74) is 2.75. The van der Waals surface area contributed by atoms with Gasteiger partial charge in [0.1, 0.15) is 12.3 Å². The zero-order valence-corrected chi connectivity index (χ0v) is 14.7. The quantitative estimate of drug-likeness (QED) is 0.548. The molecular formula is C19H18N6O2. The number of nitrogens with one attached hydrogen (secondary N) is 2. The number of carbonyl (C=O) groups excluding carboxylic acids is 1. The van der Waals surface area contributed by atoms with E-state index < -0.39 is 0 Å². The smallest absolute Gasteiger partial charge is 0.243 e. The van der Waals surface area contributed by atoms with Gasteiger partial charge in [0.05, 0.1) is 7.11 Å². The number of aromatic nitrogens is 5. The molecule has 0 unspecified atom stereocenters. The lowest BCUT2D eigenvalue weighted by atomic mass is 10.2. The highest BCUT2D eigenvalue weighted by Crippen LogP contribution is 2.25. The van der Waals surface area contributed by atoms with Crippen LogP contribution in [0.5, 0.6) is 5.75 Å². The first-order chi connectivity index (χ1) is 13.2. The molecule has 0 bridgehead atoms. The number of para-hydroxylation sites is 2. The van der Waals surface area contributed by atoms with Crippen molar-refractivity contribution in [1.29, 1.82) is 0 Å². The van der Waals surface area contributed by atoms with Gasteiger partial charge >= 0.3 is 0 Å². The van der Waals surface area contributed by atoms with Crippen molar-refractivity contribution in [3.8, 4) is 17.1 Å². The number of tetrazole rings is 1. The lowest BCUT2D eigenvalue weighted by Gasteiger charge is -2.09. The molecule has 1 amide bonds. The Morgan fingerprint density at radius 3 is 2.89 bits per heavy atom. The monoisotopic (exact) mass is 362 g/mol. The molecule has 2 heterocycles. The summed E-state index contributed by atoms with van der Waals surface area (Å²) in [4.78, 5) is 16.7. The summed E-state index contributed by atoms with van der Waals surface area (Å²) in [6, 6.07) is 15.4. The lowest BCUT2D eigenvalue weighted by Crippen LogP contribution is -2.28. The molecule has 0 fully saturated rings. The van der Waals surface area contributed by atoms with Crippen molar-refractivity contribution in [1.82, 2.24) is 30.5 Å². The van der Waals surface area contributed by atoms with Gasteiger partial charge in [0.25, 0.3) is 0 Å². The minimum Gasteiger partial charge on any atom is -0.496 e. The van der Waals surface area contributed by atoms with E-state index in [1.54, 1.807) is 7.11 Å². The number of nitrogens with zero attached hydrogens (tertiary/aromatic N) is 4. The Balaban J connectivity index is 1.42. The average molecular weight is 362 g/mol. The number of methoxy groups -OCH3 is 1. The maximum Gasteiger partial charge on any atom is 0.243 e. The Bertz CT molecular complexity index is 1080. The van der Waals surface area contributed by atoms with Crippen LogP contribution in [-0.4, -0.2) is 38.2 Å². The van der Waals surface area contributed by atoms with E-state index in [2.05, 4.69) is 25.7 Å². The predicted molar refractivity (Wildman–Crippen MR) is 100.0 cm³/mol. The number of aromatic amines is 1. The van der Waals surface area contributed by atoms with Gasteiger partial charge in [-0.15, -0.1) is 10.2 Å². The van der Waals surface area contributed by atoms with Crippen molar-refractivity contribution in [3.63, 3.8) is 0 Å². The van der Waals surface area contributed by atoms with Crippen molar-refractivity contribution in [3.05, 3.63) is 60.3 Å². The van der Waals surface area contributed by atoms with Crippen molar-refractivity contribution in [2.45, 2.75) is 13.1 Å². The van der Waals surface area contributed by atoms with E-state index in [9.17, 15) is 4.79 Å². The third-order valence-corrected chi connectivity index (χ3v) is 4.24. The highest BCUT2D eigenvalue weighted by Gasteiger charge is 2.13. The van der Waals surface area contributed by atoms with Crippen molar-refractivity contribution < 1.29 is 9.53 Å². The van der Waals surface area contributed by atoms with Crippen LogP contribution in [0.3, 0.4) is 0 Å². The summed E-state index contributed by atoms with van der Waals surface area (Å²) in [5, 5.41) is 16.2.